The number of aliphatic hydroxyl groups excluding tert-OH is 1. The molecule has 58 valence electrons. The van der Waals surface area contributed by atoms with Crippen molar-refractivity contribution in [3.63, 3.8) is 0 Å². The number of aliphatic hydroxyl groups is 1. The largest absolute Gasteiger partial charge is 0.396 e. The van der Waals surface area contributed by atoms with E-state index < -0.39 is 0 Å². The lowest BCUT2D eigenvalue weighted by atomic mass is 9.98. The Morgan fingerprint density at radius 3 is 2.50 bits per heavy atom. The Hall–Kier alpha value is -0.0151. The molecule has 0 spiro atoms. The molecular formula is C7H16BNO. The normalized spacial score (nSPS) is 16.7. The third-order valence-corrected chi connectivity index (χ3v) is 1.48. The van der Waals surface area contributed by atoms with Crippen LogP contribution in [0, 0.1) is 5.92 Å². The van der Waals surface area contributed by atoms with Crippen molar-refractivity contribution in [2.75, 3.05) is 13.2 Å². The molecule has 3 heteroatoms. The highest BCUT2D eigenvalue weighted by Crippen LogP contribution is 1.92. The van der Waals surface area contributed by atoms with Crippen LogP contribution in [0.15, 0.2) is 0 Å². The minimum absolute atomic E-state index is 0.240. The van der Waals surface area contributed by atoms with E-state index in [1.54, 1.807) is 0 Å². The number of hydrogen-bond acceptors (Lipinski definition) is 2. The van der Waals surface area contributed by atoms with E-state index in [9.17, 15) is 0 Å². The average Bonchev–Trinajstić information content (AvgIpc) is 1.99. The zero-order valence-electron chi connectivity index (χ0n) is 6.80. The average molecular weight is 141 g/mol. The maximum Gasteiger partial charge on any atom is 0.0673 e. The van der Waals surface area contributed by atoms with Crippen LogP contribution in [0.5, 0.6) is 0 Å². The van der Waals surface area contributed by atoms with Crippen LogP contribution in [0.1, 0.15) is 13.8 Å². The number of hydrogen-bond donors (Lipinski definition) is 2. The molecule has 0 heterocycles. The molecule has 0 fully saturated rings. The highest BCUT2D eigenvalue weighted by atomic mass is 16.3. The maximum atomic E-state index is 8.65. The molecule has 0 aliphatic heterocycles. The van der Waals surface area contributed by atoms with E-state index in [-0.39, 0.29) is 6.61 Å². The smallest absolute Gasteiger partial charge is 0.0673 e. The van der Waals surface area contributed by atoms with Crippen molar-refractivity contribution in [1.82, 2.24) is 5.32 Å². The van der Waals surface area contributed by atoms with Gasteiger partial charge in [0.15, 0.2) is 0 Å². The molecule has 0 bridgehead atoms. The van der Waals surface area contributed by atoms with E-state index in [4.69, 9.17) is 13.0 Å². The maximum absolute atomic E-state index is 8.65. The van der Waals surface area contributed by atoms with Gasteiger partial charge in [-0.3, -0.25) is 0 Å². The molecule has 0 saturated heterocycles. The minimum Gasteiger partial charge on any atom is -0.396 e. The topological polar surface area (TPSA) is 32.3 Å². The molecule has 0 amide bonds. The summed E-state index contributed by atoms with van der Waals surface area (Å²) in [4.78, 5) is 0. The molecule has 10 heavy (non-hydrogen) atoms. The first-order valence-electron chi connectivity index (χ1n) is 3.75. The predicted molar refractivity (Wildman–Crippen MR) is 44.3 cm³/mol. The van der Waals surface area contributed by atoms with Crippen molar-refractivity contribution in [2.24, 2.45) is 5.92 Å². The molecule has 2 nitrogen and oxygen atoms in total. The van der Waals surface area contributed by atoms with Crippen LogP contribution in [0.4, 0.5) is 0 Å². The van der Waals surface area contributed by atoms with Gasteiger partial charge in [0.25, 0.3) is 0 Å². The fourth-order valence-electron chi connectivity index (χ4n) is 0.550. The van der Waals surface area contributed by atoms with Crippen molar-refractivity contribution >= 4 is 7.85 Å². The fraction of sp³-hybridized carbons (Fsp3) is 1.00. The van der Waals surface area contributed by atoms with E-state index in [0.717, 1.165) is 6.54 Å². The monoisotopic (exact) mass is 141 g/mol. The summed E-state index contributed by atoms with van der Waals surface area (Å²) < 4.78 is 0. The van der Waals surface area contributed by atoms with Gasteiger partial charge in [-0.2, -0.15) is 0 Å². The second-order valence-electron chi connectivity index (χ2n) is 2.83. The van der Waals surface area contributed by atoms with Crippen molar-refractivity contribution in [1.29, 1.82) is 0 Å². The quantitative estimate of drug-likeness (QED) is 0.535. The Bertz CT molecular complexity index is 70.0. The van der Waals surface area contributed by atoms with E-state index in [0.29, 0.717) is 18.3 Å². The van der Waals surface area contributed by atoms with Gasteiger partial charge >= 0.3 is 0 Å². The van der Waals surface area contributed by atoms with Crippen LogP contribution in [0.25, 0.3) is 0 Å². The van der Waals surface area contributed by atoms with Gasteiger partial charge < -0.3 is 10.4 Å². The highest BCUT2D eigenvalue weighted by Gasteiger charge is 2.01. The molecule has 0 saturated carbocycles. The SMILES string of the molecule is [B]CC(C)NCC(C)CO. The van der Waals surface area contributed by atoms with Crippen molar-refractivity contribution in [2.45, 2.75) is 26.2 Å². The molecule has 2 unspecified atom stereocenters. The van der Waals surface area contributed by atoms with Gasteiger partial charge in [-0.05, 0) is 12.0 Å². The van der Waals surface area contributed by atoms with Crippen molar-refractivity contribution < 1.29 is 5.11 Å². The first-order chi connectivity index (χ1) is 4.70. The molecular weight excluding hydrogens is 125 g/mol. The third kappa shape index (κ3) is 4.83. The van der Waals surface area contributed by atoms with Gasteiger partial charge in [0.05, 0.1) is 7.85 Å². The van der Waals surface area contributed by atoms with Gasteiger partial charge in [0, 0.05) is 13.2 Å². The molecule has 0 rings (SSSR count). The molecule has 0 aliphatic rings. The first-order valence-corrected chi connectivity index (χ1v) is 3.75. The second-order valence-corrected chi connectivity index (χ2v) is 2.83. The molecule has 2 N–H and O–H groups in total. The third-order valence-electron chi connectivity index (χ3n) is 1.48. The first kappa shape index (κ1) is 9.98. The van der Waals surface area contributed by atoms with Crippen LogP contribution in [-0.4, -0.2) is 32.1 Å². The Morgan fingerprint density at radius 2 is 2.10 bits per heavy atom. The van der Waals surface area contributed by atoms with Crippen LogP contribution in [0.2, 0.25) is 6.32 Å². The van der Waals surface area contributed by atoms with Gasteiger partial charge in [-0.15, -0.1) is 0 Å². The summed E-state index contributed by atoms with van der Waals surface area (Å²) in [6.07, 6.45) is 0.651. The number of nitrogens with one attached hydrogen (secondary N) is 1. The summed E-state index contributed by atoms with van der Waals surface area (Å²) in [7, 11) is 5.37. The molecule has 0 aliphatic carbocycles. The van der Waals surface area contributed by atoms with E-state index in [1.165, 1.54) is 0 Å². The van der Waals surface area contributed by atoms with Crippen LogP contribution >= 0.6 is 0 Å². The van der Waals surface area contributed by atoms with E-state index in [1.807, 2.05) is 13.8 Å². The summed E-state index contributed by atoms with van der Waals surface area (Å²) in [5.41, 5.74) is 0. The van der Waals surface area contributed by atoms with Gasteiger partial charge in [0.2, 0.25) is 0 Å². The van der Waals surface area contributed by atoms with Crippen LogP contribution < -0.4 is 5.32 Å². The summed E-state index contributed by atoms with van der Waals surface area (Å²) in [6, 6.07) is 0.356. The predicted octanol–water partition coefficient (Wildman–Crippen LogP) is 0.180. The fourth-order valence-corrected chi connectivity index (χ4v) is 0.550. The number of rotatable bonds is 5. The lowest BCUT2D eigenvalue weighted by Gasteiger charge is -2.14. The zero-order chi connectivity index (χ0) is 7.98. The summed E-state index contributed by atoms with van der Waals surface area (Å²) in [5, 5.41) is 11.8. The van der Waals surface area contributed by atoms with Crippen LogP contribution in [0.3, 0.4) is 0 Å². The molecule has 2 radical (unpaired) electrons. The summed E-state index contributed by atoms with van der Waals surface area (Å²) in [5.74, 6) is 0.328. The summed E-state index contributed by atoms with van der Waals surface area (Å²) in [6.45, 7) is 5.11. The van der Waals surface area contributed by atoms with E-state index in [2.05, 4.69) is 5.32 Å². The summed E-state index contributed by atoms with van der Waals surface area (Å²) >= 11 is 0. The molecule has 0 aromatic carbocycles. The Labute approximate surface area is 64.4 Å². The van der Waals surface area contributed by atoms with Crippen molar-refractivity contribution in [3.05, 3.63) is 0 Å². The van der Waals surface area contributed by atoms with Gasteiger partial charge in [-0.1, -0.05) is 20.2 Å². The highest BCUT2D eigenvalue weighted by molar-refractivity contribution is 6.08. The Kier molecular flexibility index (Phi) is 5.74. The van der Waals surface area contributed by atoms with E-state index >= 15 is 0 Å². The van der Waals surface area contributed by atoms with Gasteiger partial charge in [-0.25, -0.2) is 0 Å². The zero-order valence-corrected chi connectivity index (χ0v) is 6.80. The lowest BCUT2D eigenvalue weighted by molar-refractivity contribution is 0.231. The molecule has 0 aromatic heterocycles. The minimum atomic E-state index is 0.240. The van der Waals surface area contributed by atoms with Gasteiger partial charge in [0.1, 0.15) is 0 Å². The lowest BCUT2D eigenvalue weighted by Crippen LogP contribution is -2.31. The Balaban J connectivity index is 3.17. The van der Waals surface area contributed by atoms with Crippen LogP contribution in [-0.2, 0) is 0 Å². The standard InChI is InChI=1S/C7H16BNO/c1-6(5-10)4-9-7(2)3-8/h6-7,9-10H,3-5H2,1-2H3. The second kappa shape index (κ2) is 5.75. The van der Waals surface area contributed by atoms with Crippen molar-refractivity contribution in [3.8, 4) is 0 Å². The molecule has 2 atom stereocenters. The Morgan fingerprint density at radius 1 is 1.50 bits per heavy atom. The molecule has 0 aromatic rings.